The van der Waals surface area contributed by atoms with E-state index >= 15 is 0 Å². The standard InChI is InChI=1S/C21H39N7O.HI/c1-4-19-26-25-17-27(19)12-9-22-20(23-14-18-8-13-29-15-18)24-16-21(2,3)28-10-6-5-7-11-28;/h17-18H,4-16H2,1-3H3,(H2,22,23,24);1H. The molecule has 2 N–H and O–H groups in total. The molecule has 0 amide bonds. The number of rotatable bonds is 9. The van der Waals surface area contributed by atoms with Gasteiger partial charge in [0.1, 0.15) is 12.2 Å². The van der Waals surface area contributed by atoms with Gasteiger partial charge in [-0.1, -0.05) is 13.3 Å². The van der Waals surface area contributed by atoms with Crippen LogP contribution in [0.2, 0.25) is 0 Å². The third-order valence-corrected chi connectivity index (χ3v) is 6.08. The lowest BCUT2D eigenvalue weighted by Gasteiger charge is -2.40. The highest BCUT2D eigenvalue weighted by molar-refractivity contribution is 14.0. The highest BCUT2D eigenvalue weighted by atomic mass is 127. The molecule has 3 heterocycles. The van der Waals surface area contributed by atoms with E-state index in [9.17, 15) is 0 Å². The van der Waals surface area contributed by atoms with Crippen LogP contribution in [0.15, 0.2) is 11.3 Å². The van der Waals surface area contributed by atoms with E-state index < -0.39 is 0 Å². The molecule has 30 heavy (non-hydrogen) atoms. The second-order valence-electron chi connectivity index (χ2n) is 8.86. The van der Waals surface area contributed by atoms with Gasteiger partial charge in [0.05, 0.1) is 13.2 Å². The molecule has 3 rings (SSSR count). The summed E-state index contributed by atoms with van der Waals surface area (Å²) in [6.07, 6.45) is 7.79. The van der Waals surface area contributed by atoms with Crippen molar-refractivity contribution in [1.29, 1.82) is 0 Å². The Hall–Kier alpha value is -0.940. The van der Waals surface area contributed by atoms with Crippen LogP contribution in [-0.2, 0) is 17.7 Å². The quantitative estimate of drug-likeness (QED) is 0.288. The van der Waals surface area contributed by atoms with Crippen molar-refractivity contribution in [2.24, 2.45) is 10.9 Å². The monoisotopic (exact) mass is 533 g/mol. The maximum Gasteiger partial charge on any atom is 0.191 e. The fraction of sp³-hybridized carbons (Fsp3) is 0.857. The molecule has 8 nitrogen and oxygen atoms in total. The second kappa shape index (κ2) is 12.8. The molecule has 0 aromatic carbocycles. The number of guanidine groups is 1. The minimum absolute atomic E-state index is 0. The van der Waals surface area contributed by atoms with Gasteiger partial charge in [-0.2, -0.15) is 0 Å². The van der Waals surface area contributed by atoms with Crippen molar-refractivity contribution in [3.05, 3.63) is 12.2 Å². The minimum atomic E-state index is 0. The van der Waals surface area contributed by atoms with Crippen molar-refractivity contribution in [1.82, 2.24) is 30.3 Å². The molecule has 0 spiro atoms. The van der Waals surface area contributed by atoms with Crippen molar-refractivity contribution >= 4 is 29.9 Å². The number of aryl methyl sites for hydroxylation is 1. The zero-order chi connectivity index (χ0) is 20.5. The van der Waals surface area contributed by atoms with E-state index in [0.717, 1.165) is 64.0 Å². The molecule has 1 atom stereocenters. The average Bonchev–Trinajstić information content (AvgIpc) is 3.42. The number of likely N-dealkylation sites (tertiary alicyclic amines) is 1. The van der Waals surface area contributed by atoms with Crippen LogP contribution in [0.1, 0.15) is 52.3 Å². The fourth-order valence-corrected chi connectivity index (χ4v) is 4.07. The summed E-state index contributed by atoms with van der Waals surface area (Å²) in [5, 5.41) is 15.2. The summed E-state index contributed by atoms with van der Waals surface area (Å²) in [6, 6.07) is 0. The van der Waals surface area contributed by atoms with Gasteiger partial charge >= 0.3 is 0 Å². The second-order valence-corrected chi connectivity index (χ2v) is 8.86. The molecular weight excluding hydrogens is 493 g/mol. The molecule has 1 unspecified atom stereocenters. The Morgan fingerprint density at radius 1 is 1.27 bits per heavy atom. The zero-order valence-corrected chi connectivity index (χ0v) is 21.2. The van der Waals surface area contributed by atoms with Gasteiger partial charge < -0.3 is 19.9 Å². The Kier molecular flexibility index (Phi) is 10.8. The van der Waals surface area contributed by atoms with Crippen LogP contribution in [-0.4, -0.2) is 77.1 Å². The van der Waals surface area contributed by atoms with Gasteiger partial charge in [-0.25, -0.2) is 0 Å². The van der Waals surface area contributed by atoms with Gasteiger partial charge in [0.15, 0.2) is 5.96 Å². The first kappa shape index (κ1) is 25.3. The molecule has 1 aromatic rings. The maximum absolute atomic E-state index is 5.51. The molecule has 2 fully saturated rings. The van der Waals surface area contributed by atoms with Crippen molar-refractivity contribution in [3.8, 4) is 0 Å². The topological polar surface area (TPSA) is 79.6 Å². The van der Waals surface area contributed by atoms with E-state index in [1.807, 2.05) is 0 Å². The van der Waals surface area contributed by atoms with Gasteiger partial charge in [0, 0.05) is 44.1 Å². The van der Waals surface area contributed by atoms with Gasteiger partial charge in [0.2, 0.25) is 0 Å². The molecule has 9 heteroatoms. The number of halogens is 1. The summed E-state index contributed by atoms with van der Waals surface area (Å²) in [4.78, 5) is 7.55. The number of nitrogens with zero attached hydrogens (tertiary/aromatic N) is 5. The minimum Gasteiger partial charge on any atom is -0.381 e. The molecule has 172 valence electrons. The smallest absolute Gasteiger partial charge is 0.191 e. The van der Waals surface area contributed by atoms with E-state index in [2.05, 4.69) is 51.1 Å². The SMILES string of the molecule is CCc1nncn1CCNC(=NCC(C)(C)N1CCCCC1)NCC1CCOC1.I. The van der Waals surface area contributed by atoms with Gasteiger partial charge in [0.25, 0.3) is 0 Å². The third-order valence-electron chi connectivity index (χ3n) is 6.08. The number of piperidine rings is 1. The molecular formula is C21H40IN7O. The molecule has 2 aliphatic heterocycles. The molecule has 1 aromatic heterocycles. The Balaban J connectivity index is 0.00000320. The number of nitrogens with one attached hydrogen (secondary N) is 2. The van der Waals surface area contributed by atoms with Crippen LogP contribution in [0.3, 0.4) is 0 Å². The van der Waals surface area contributed by atoms with E-state index in [0.29, 0.717) is 5.92 Å². The van der Waals surface area contributed by atoms with Crippen molar-refractivity contribution in [3.63, 3.8) is 0 Å². The summed E-state index contributed by atoms with van der Waals surface area (Å²) in [5.74, 6) is 2.49. The number of aliphatic imine (C=N–C) groups is 1. The van der Waals surface area contributed by atoms with E-state index in [1.165, 1.54) is 32.4 Å². The van der Waals surface area contributed by atoms with Crippen LogP contribution >= 0.6 is 24.0 Å². The van der Waals surface area contributed by atoms with Crippen molar-refractivity contribution < 1.29 is 4.74 Å². The normalized spacial score (nSPS) is 20.8. The summed E-state index contributed by atoms with van der Waals surface area (Å²) < 4.78 is 7.62. The Morgan fingerprint density at radius 3 is 2.77 bits per heavy atom. The first-order valence-corrected chi connectivity index (χ1v) is 11.3. The lowest BCUT2D eigenvalue weighted by Crippen LogP contribution is -2.50. The Morgan fingerprint density at radius 2 is 2.07 bits per heavy atom. The van der Waals surface area contributed by atoms with Gasteiger partial charge in [-0.05, 0) is 46.2 Å². The van der Waals surface area contributed by atoms with Crippen molar-refractivity contribution in [2.75, 3.05) is 45.9 Å². The van der Waals surface area contributed by atoms with E-state index in [4.69, 9.17) is 9.73 Å². The first-order chi connectivity index (χ1) is 14.1. The van der Waals surface area contributed by atoms with Crippen LogP contribution in [0, 0.1) is 5.92 Å². The van der Waals surface area contributed by atoms with Crippen LogP contribution in [0.5, 0.6) is 0 Å². The average molecular weight is 534 g/mol. The highest BCUT2D eigenvalue weighted by Crippen LogP contribution is 2.20. The Bertz CT molecular complexity index is 637. The number of aromatic nitrogens is 3. The first-order valence-electron chi connectivity index (χ1n) is 11.3. The third kappa shape index (κ3) is 7.64. The summed E-state index contributed by atoms with van der Waals surface area (Å²) in [7, 11) is 0. The van der Waals surface area contributed by atoms with Crippen molar-refractivity contribution in [2.45, 2.75) is 65.0 Å². The molecule has 0 radical (unpaired) electrons. The molecule has 2 aliphatic rings. The Labute approximate surface area is 198 Å². The van der Waals surface area contributed by atoms with Gasteiger partial charge in [-0.3, -0.25) is 9.89 Å². The predicted octanol–water partition coefficient (Wildman–Crippen LogP) is 2.29. The zero-order valence-electron chi connectivity index (χ0n) is 18.9. The molecule has 0 saturated carbocycles. The number of hydrogen-bond acceptors (Lipinski definition) is 5. The van der Waals surface area contributed by atoms with Crippen LogP contribution < -0.4 is 10.6 Å². The highest BCUT2D eigenvalue weighted by Gasteiger charge is 2.27. The number of hydrogen-bond donors (Lipinski definition) is 2. The fourth-order valence-electron chi connectivity index (χ4n) is 4.07. The van der Waals surface area contributed by atoms with Crippen LogP contribution in [0.25, 0.3) is 0 Å². The molecule has 2 saturated heterocycles. The van der Waals surface area contributed by atoms with Crippen LogP contribution in [0.4, 0.5) is 0 Å². The van der Waals surface area contributed by atoms with E-state index in [1.54, 1.807) is 6.33 Å². The van der Waals surface area contributed by atoms with Gasteiger partial charge in [-0.15, -0.1) is 34.2 Å². The predicted molar refractivity (Wildman–Crippen MR) is 132 cm³/mol. The number of ether oxygens (including phenoxy) is 1. The summed E-state index contributed by atoms with van der Waals surface area (Å²) in [5.41, 5.74) is 0.0785. The lowest BCUT2D eigenvalue weighted by molar-refractivity contribution is 0.102. The maximum atomic E-state index is 5.51. The molecule has 0 aliphatic carbocycles. The van der Waals surface area contributed by atoms with E-state index in [-0.39, 0.29) is 29.5 Å². The molecule has 0 bridgehead atoms. The summed E-state index contributed by atoms with van der Waals surface area (Å²) in [6.45, 7) is 14.2. The summed E-state index contributed by atoms with van der Waals surface area (Å²) >= 11 is 0. The lowest BCUT2D eigenvalue weighted by atomic mass is 9.99. The largest absolute Gasteiger partial charge is 0.381 e.